The fourth-order valence-corrected chi connectivity index (χ4v) is 5.04. The SMILES string of the molecule is CNC(CCCCN)C(C)=O.CNC(CCCN=C(N)N)C(C)=O.C[Si](C)(O)CCCCO.N[C@@H](CC(=O)O)C(=O)CC(=O)O.N[C@@H](CC(=O)O)C(=O)CC(=O)[O-]. The first-order valence-electron chi connectivity index (χ1n) is 18.1. The number of ketones is 4. The molecule has 0 saturated carbocycles. The van der Waals surface area contributed by atoms with Gasteiger partial charge in [0.15, 0.2) is 25.8 Å². The van der Waals surface area contributed by atoms with Crippen molar-refractivity contribution >= 4 is 61.3 Å². The van der Waals surface area contributed by atoms with Gasteiger partial charge in [0.05, 0.1) is 37.0 Å². The maximum atomic E-state index is 11.0. The summed E-state index contributed by atoms with van der Waals surface area (Å²) in [6, 6.07) is -1.62. The predicted molar refractivity (Wildman–Crippen MR) is 213 cm³/mol. The number of likely N-dealkylation sites (N-methyl/N-ethyl adjacent to an activating group) is 2. The molecule has 0 bridgehead atoms. The maximum absolute atomic E-state index is 11.0. The number of Topliss-reactive ketones (excluding diaryl/α,β-unsaturated/α-hetero) is 4. The van der Waals surface area contributed by atoms with E-state index in [0.29, 0.717) is 13.1 Å². The van der Waals surface area contributed by atoms with Crippen LogP contribution in [0.4, 0.5) is 0 Å². The van der Waals surface area contributed by atoms with Crippen LogP contribution in [0.5, 0.6) is 0 Å². The lowest BCUT2D eigenvalue weighted by atomic mass is 10.1. The second kappa shape index (κ2) is 38.6. The first-order chi connectivity index (χ1) is 26.2. The van der Waals surface area contributed by atoms with Crippen LogP contribution in [0.1, 0.15) is 84.5 Å². The number of rotatable bonds is 26. The molecule has 0 aliphatic carbocycles. The van der Waals surface area contributed by atoms with Crippen LogP contribution < -0.4 is 44.4 Å². The molecule has 17 N–H and O–H groups in total. The van der Waals surface area contributed by atoms with E-state index in [2.05, 4.69) is 15.6 Å². The number of nitrogens with zero attached hydrogens (tertiary/aromatic N) is 1. The van der Waals surface area contributed by atoms with Crippen LogP contribution in [0.25, 0.3) is 0 Å². The van der Waals surface area contributed by atoms with Crippen LogP contribution in [0.3, 0.4) is 0 Å². The highest BCUT2D eigenvalue weighted by Crippen LogP contribution is 2.08. The number of aliphatic hydroxyl groups is 1. The Labute approximate surface area is 335 Å². The van der Waals surface area contributed by atoms with Gasteiger partial charge in [-0.05, 0) is 85.7 Å². The molecule has 22 nitrogen and oxygen atoms in total. The van der Waals surface area contributed by atoms with E-state index in [4.69, 9.17) is 49.1 Å². The molecule has 0 aromatic carbocycles. The highest BCUT2D eigenvalue weighted by atomic mass is 28.4. The number of aliphatic hydroxyl groups excluding tert-OH is 1. The van der Waals surface area contributed by atoms with E-state index >= 15 is 0 Å². The topological polar surface area (TPSA) is 427 Å². The van der Waals surface area contributed by atoms with Crippen LogP contribution >= 0.6 is 0 Å². The lowest BCUT2D eigenvalue weighted by Crippen LogP contribution is -2.37. The van der Waals surface area contributed by atoms with Gasteiger partial charge in [0.1, 0.15) is 18.0 Å². The van der Waals surface area contributed by atoms with Crippen molar-refractivity contribution in [2.45, 2.75) is 128 Å². The van der Waals surface area contributed by atoms with Gasteiger partial charge in [-0.1, -0.05) is 12.8 Å². The molecule has 334 valence electrons. The molecule has 2 unspecified atom stereocenters. The van der Waals surface area contributed by atoms with Crippen molar-refractivity contribution in [1.29, 1.82) is 0 Å². The first-order valence-corrected chi connectivity index (χ1v) is 21.2. The van der Waals surface area contributed by atoms with E-state index in [1.54, 1.807) is 20.9 Å². The summed E-state index contributed by atoms with van der Waals surface area (Å²) < 4.78 is 0. The molecule has 57 heavy (non-hydrogen) atoms. The van der Waals surface area contributed by atoms with Crippen LogP contribution in [0, 0.1) is 0 Å². The quantitative estimate of drug-likeness (QED) is 0.0134. The third-order valence-corrected chi connectivity index (χ3v) is 8.60. The lowest BCUT2D eigenvalue weighted by molar-refractivity contribution is -0.304. The van der Waals surface area contributed by atoms with E-state index in [-0.39, 0.29) is 36.2 Å². The van der Waals surface area contributed by atoms with E-state index < -0.39 is 81.5 Å². The minimum Gasteiger partial charge on any atom is -0.550 e. The van der Waals surface area contributed by atoms with Gasteiger partial charge >= 0.3 is 17.9 Å². The number of carboxylic acid groups (broad SMARTS) is 4. The Morgan fingerprint density at radius 2 is 1.12 bits per heavy atom. The summed E-state index contributed by atoms with van der Waals surface area (Å²) in [5.74, 6) is -6.47. The largest absolute Gasteiger partial charge is 0.550 e. The fraction of sp³-hybridized carbons (Fsp3) is 0.735. The molecule has 0 aromatic heterocycles. The molecule has 0 spiro atoms. The Kier molecular flexibility index (Phi) is 42.0. The molecule has 0 rings (SSSR count). The van der Waals surface area contributed by atoms with Crippen molar-refractivity contribution in [3.63, 3.8) is 0 Å². The molecule has 0 amide bonds. The molecule has 0 aliphatic rings. The normalized spacial score (nSPS) is 12.3. The second-order valence-corrected chi connectivity index (χ2v) is 17.2. The van der Waals surface area contributed by atoms with Gasteiger partial charge in [0, 0.05) is 25.5 Å². The van der Waals surface area contributed by atoms with Crippen molar-refractivity contribution in [2.75, 3.05) is 33.8 Å². The smallest absolute Gasteiger partial charge is 0.310 e. The van der Waals surface area contributed by atoms with Crippen molar-refractivity contribution in [2.24, 2.45) is 33.7 Å². The number of guanidine groups is 1. The maximum Gasteiger partial charge on any atom is 0.310 e. The molecular formula is C34H69N8O14Si-. The number of aliphatic carboxylic acids is 4. The van der Waals surface area contributed by atoms with E-state index in [1.165, 1.54) is 0 Å². The minimum absolute atomic E-state index is 0.0292. The van der Waals surface area contributed by atoms with Gasteiger partial charge in [-0.25, -0.2) is 0 Å². The number of hydrogen-bond donors (Lipinski definition) is 12. The van der Waals surface area contributed by atoms with Gasteiger partial charge < -0.3 is 74.4 Å². The summed E-state index contributed by atoms with van der Waals surface area (Å²) in [5.41, 5.74) is 25.7. The van der Waals surface area contributed by atoms with Gasteiger partial charge in [0.2, 0.25) is 0 Å². The number of carboxylic acids is 4. The van der Waals surface area contributed by atoms with Crippen molar-refractivity contribution in [3.8, 4) is 0 Å². The third kappa shape index (κ3) is 51.8. The Morgan fingerprint density at radius 3 is 1.42 bits per heavy atom. The zero-order valence-corrected chi connectivity index (χ0v) is 35.2. The summed E-state index contributed by atoms with van der Waals surface area (Å²) in [4.78, 5) is 96.2. The standard InChI is InChI=1S/C8H18N4O.C8H18N2O.2C6H9NO5.C6H16O2Si/c1-6(13)7(11-2)4-3-5-12-8(9)10;1-7(11)8(10-2)5-3-4-6-9;2*7-3(1-5(9)10)4(8)2-6(11)12;1-9(2,8)6-4-3-5-7/h7,11H,3-5H2,1-2H3,(H4,9,10,12);8,10H,3-6,9H2,1-2H3;2*3H,1-2,7H2,(H,9,10)(H,11,12);7-8H,3-6H2,1-2H3/p-1/t;;2*3-;/m..00./s1. The number of hydrogen-bond acceptors (Lipinski definition) is 17. The molecule has 0 heterocycles. The molecule has 0 saturated heterocycles. The van der Waals surface area contributed by atoms with Crippen molar-refractivity contribution in [3.05, 3.63) is 0 Å². The van der Waals surface area contributed by atoms with Crippen LogP contribution in [-0.4, -0.2) is 144 Å². The van der Waals surface area contributed by atoms with Crippen LogP contribution in [0.15, 0.2) is 4.99 Å². The Balaban J connectivity index is -0.000000199. The summed E-state index contributed by atoms with van der Waals surface area (Å²) in [7, 11) is 1.78. The molecule has 0 aromatic rings. The lowest BCUT2D eigenvalue weighted by Gasteiger charge is -2.11. The zero-order chi connectivity index (χ0) is 45.7. The monoisotopic (exact) mass is 841 g/mol. The van der Waals surface area contributed by atoms with Crippen LogP contribution in [-0.2, 0) is 38.4 Å². The highest BCUT2D eigenvalue weighted by molar-refractivity contribution is 6.69. The number of carbonyl (C=O) groups is 8. The van der Waals surface area contributed by atoms with Gasteiger partial charge in [-0.2, -0.15) is 0 Å². The molecule has 0 aliphatic heterocycles. The zero-order valence-electron chi connectivity index (χ0n) is 34.2. The minimum atomic E-state index is -1.81. The van der Waals surface area contributed by atoms with E-state index in [1.807, 2.05) is 20.1 Å². The Morgan fingerprint density at radius 1 is 0.702 bits per heavy atom. The average molecular weight is 842 g/mol. The summed E-state index contributed by atoms with van der Waals surface area (Å²) in [5, 5.41) is 48.7. The number of carbonyl (C=O) groups excluding carboxylic acids is 5. The summed E-state index contributed by atoms with van der Waals surface area (Å²) >= 11 is 0. The number of nitrogens with two attached hydrogens (primary N) is 5. The first kappa shape index (κ1) is 62.0. The van der Waals surface area contributed by atoms with Crippen LogP contribution in [0.2, 0.25) is 19.1 Å². The number of aliphatic imine (C=N–C) groups is 1. The predicted octanol–water partition coefficient (Wildman–Crippen LogP) is -3.20. The molecule has 0 fully saturated rings. The number of unbranched alkanes of at least 4 members (excludes halogenated alkanes) is 2. The molecule has 0 radical (unpaired) electrons. The summed E-state index contributed by atoms with van der Waals surface area (Å²) in [6.07, 6.45) is 3.64. The van der Waals surface area contributed by atoms with Gasteiger partial charge in [0.25, 0.3) is 0 Å². The average Bonchev–Trinajstić information content (AvgIpc) is 3.06. The fourth-order valence-electron chi connectivity index (χ4n) is 3.92. The second-order valence-electron chi connectivity index (χ2n) is 13.1. The molecule has 4 atom stereocenters. The molecular weight excluding hydrogens is 773 g/mol. The van der Waals surface area contributed by atoms with Crippen molar-refractivity contribution < 1.29 is 68.7 Å². The van der Waals surface area contributed by atoms with E-state index in [0.717, 1.165) is 51.0 Å². The summed E-state index contributed by atoms with van der Waals surface area (Å²) in [6.45, 7) is 8.58. The Bertz CT molecular complexity index is 1170. The Hall–Kier alpha value is -4.23. The highest BCUT2D eigenvalue weighted by Gasteiger charge is 2.19. The third-order valence-electron chi connectivity index (χ3n) is 7.03. The van der Waals surface area contributed by atoms with E-state index in [9.17, 15) is 48.3 Å². The van der Waals surface area contributed by atoms with Gasteiger partial charge in [-0.3, -0.25) is 38.6 Å². The number of nitrogens with one attached hydrogen (secondary N) is 2. The van der Waals surface area contributed by atoms with Gasteiger partial charge in [-0.15, -0.1) is 0 Å². The molecule has 23 heteroatoms. The van der Waals surface area contributed by atoms with Crippen molar-refractivity contribution in [1.82, 2.24) is 10.6 Å².